The summed E-state index contributed by atoms with van der Waals surface area (Å²) in [5.41, 5.74) is 1.58. The van der Waals surface area contributed by atoms with Crippen molar-refractivity contribution in [1.82, 2.24) is 65.6 Å². The maximum absolute atomic E-state index is 13.1. The number of amidine groups is 2. The Bertz CT molecular complexity index is 3560. The van der Waals surface area contributed by atoms with Crippen molar-refractivity contribution in [3.8, 4) is 35.7 Å². The third kappa shape index (κ3) is 14.7. The van der Waals surface area contributed by atoms with Gasteiger partial charge in [0.2, 0.25) is 5.54 Å². The first-order valence-electron chi connectivity index (χ1n) is 26.5. The van der Waals surface area contributed by atoms with Gasteiger partial charge in [-0.3, -0.25) is 49.6 Å². The van der Waals surface area contributed by atoms with E-state index in [1.54, 1.807) is 73.1 Å². The number of hydrogen-bond acceptors (Lipinski definition) is 18. The fourth-order valence-electron chi connectivity index (χ4n) is 9.58. The largest absolute Gasteiger partial charge is 0.497 e. The van der Waals surface area contributed by atoms with E-state index in [1.165, 1.54) is 30.2 Å². The van der Waals surface area contributed by atoms with Crippen molar-refractivity contribution in [2.75, 3.05) is 93.8 Å². The normalized spacial score (nSPS) is 20.0. The van der Waals surface area contributed by atoms with Crippen LogP contribution in [-0.2, 0) is 22.7 Å². The molecule has 0 bridgehead atoms. The third-order valence-corrected chi connectivity index (χ3v) is 15.4. The summed E-state index contributed by atoms with van der Waals surface area (Å²) in [5, 5.41) is 34.9. The second-order valence-corrected chi connectivity index (χ2v) is 22.0. The van der Waals surface area contributed by atoms with Crippen LogP contribution in [-0.4, -0.2) is 213 Å². The number of rotatable bonds is 9. The highest BCUT2D eigenvalue weighted by atomic mass is 79.9. The van der Waals surface area contributed by atoms with Gasteiger partial charge in [0, 0.05) is 110 Å². The summed E-state index contributed by atoms with van der Waals surface area (Å²) in [5.74, 6) is 8.34. The number of oxime groups is 2. The first-order chi connectivity index (χ1) is 41.3. The zero-order valence-electron chi connectivity index (χ0n) is 47.0. The first-order valence-corrected chi connectivity index (χ1v) is 28.1. The minimum atomic E-state index is -1.63. The van der Waals surface area contributed by atoms with E-state index in [4.69, 9.17) is 21.1 Å². The molecular weight excluding hydrogens is 1240 g/mol. The zero-order valence-corrected chi connectivity index (χ0v) is 50.2. The third-order valence-electron chi connectivity index (χ3n) is 14.4. The molecule has 0 radical (unpaired) electrons. The van der Waals surface area contributed by atoms with E-state index < -0.39 is 35.0 Å². The number of benzene rings is 2. The summed E-state index contributed by atoms with van der Waals surface area (Å²) in [6, 6.07) is 19.6. The van der Waals surface area contributed by atoms with Gasteiger partial charge in [-0.2, -0.15) is 0 Å². The average molecular weight is 1300 g/mol. The van der Waals surface area contributed by atoms with Crippen LogP contribution in [0.4, 0.5) is 9.59 Å². The number of nitrogens with zero attached hydrogens (tertiary/aromatic N) is 11. The molecule has 3 aromatic heterocycles. The number of aromatic nitrogens is 3. The minimum absolute atomic E-state index is 0.0864. The van der Waals surface area contributed by atoms with Crippen LogP contribution in [0.1, 0.15) is 59.3 Å². The smallest absolute Gasteiger partial charge is 0.323 e. The topological polar surface area (TPSA) is 309 Å². The number of urea groups is 2. The molecule has 26 nitrogen and oxygen atoms in total. The number of piperazine rings is 2. The fraction of sp³-hybridized carbons (Fsp3) is 0.310. The van der Waals surface area contributed by atoms with Gasteiger partial charge >= 0.3 is 12.1 Å². The molecule has 6 aliphatic heterocycles. The molecule has 9 heterocycles. The number of aldehydes is 1. The van der Waals surface area contributed by atoms with Gasteiger partial charge < -0.3 is 59.9 Å². The molecule has 0 spiro atoms. The van der Waals surface area contributed by atoms with Gasteiger partial charge in [-0.25, -0.2) is 9.59 Å². The second kappa shape index (κ2) is 27.9. The highest BCUT2D eigenvalue weighted by Crippen LogP contribution is 2.30. The molecule has 5 aromatic rings. The number of hydrogen-bond donors (Lipinski definition) is 6. The number of terminal acetylenes is 1. The van der Waals surface area contributed by atoms with Crippen molar-refractivity contribution in [1.29, 1.82) is 0 Å². The quantitative estimate of drug-likeness (QED) is 0.0235. The monoisotopic (exact) mass is 1300 g/mol. The Morgan fingerprint density at radius 2 is 1.09 bits per heavy atom. The van der Waals surface area contributed by atoms with Gasteiger partial charge in [-0.15, -0.1) is 6.42 Å². The molecule has 4 saturated heterocycles. The van der Waals surface area contributed by atoms with Crippen LogP contribution in [0, 0.1) is 24.2 Å². The predicted molar refractivity (Wildman–Crippen MR) is 318 cm³/mol. The lowest BCUT2D eigenvalue weighted by Gasteiger charge is -2.33. The molecule has 6 aliphatic rings. The Morgan fingerprint density at radius 1 is 0.640 bits per heavy atom. The molecule has 28 heteroatoms. The molecule has 2 atom stereocenters. The summed E-state index contributed by atoms with van der Waals surface area (Å²) in [6.07, 6.45) is 10.9. The lowest BCUT2D eigenvalue weighted by molar-refractivity contribution is -0.123. The van der Waals surface area contributed by atoms with E-state index in [9.17, 15) is 38.8 Å². The number of halogens is 2. The van der Waals surface area contributed by atoms with Gasteiger partial charge in [-0.05, 0) is 118 Å². The van der Waals surface area contributed by atoms with E-state index in [0.717, 1.165) is 59.3 Å². The number of likely N-dealkylation sites (N-methyl/N-ethyl adjacent to an activating group) is 2. The summed E-state index contributed by atoms with van der Waals surface area (Å²) >= 11 is 6.53. The van der Waals surface area contributed by atoms with Crippen LogP contribution in [0.15, 0.2) is 111 Å². The van der Waals surface area contributed by atoms with E-state index in [0.29, 0.717) is 82.9 Å². The fourth-order valence-corrected chi connectivity index (χ4v) is 10.0. The van der Waals surface area contributed by atoms with Gasteiger partial charge in [0.1, 0.15) is 28.6 Å². The number of ether oxygens (including phenoxy) is 2. The summed E-state index contributed by atoms with van der Waals surface area (Å²) in [7, 11) is 7.16. The van der Waals surface area contributed by atoms with E-state index >= 15 is 0 Å². The molecular formula is C58H59Br2N15O11. The maximum Gasteiger partial charge on any atom is 0.323 e. The Balaban J connectivity index is 0.000000168. The zero-order chi connectivity index (χ0) is 61.7. The number of amides is 8. The molecule has 4 fully saturated rings. The van der Waals surface area contributed by atoms with Crippen molar-refractivity contribution < 1.29 is 53.4 Å². The number of pyridine rings is 3. The summed E-state index contributed by atoms with van der Waals surface area (Å²) in [6.45, 7) is 7.13. The average Bonchev–Trinajstić information content (AvgIpc) is 1.93. The first kappa shape index (κ1) is 62.6. The van der Waals surface area contributed by atoms with Crippen molar-refractivity contribution >= 4 is 85.5 Å². The van der Waals surface area contributed by atoms with Crippen LogP contribution in [0.5, 0.6) is 11.5 Å². The maximum atomic E-state index is 13.1. The van der Waals surface area contributed by atoms with Crippen molar-refractivity contribution in [2.45, 2.75) is 24.2 Å². The Morgan fingerprint density at radius 3 is 1.48 bits per heavy atom. The molecule has 2 aromatic carbocycles. The molecule has 6 N–H and O–H groups in total. The predicted octanol–water partition coefficient (Wildman–Crippen LogP) is 2.81. The van der Waals surface area contributed by atoms with Gasteiger partial charge in [0.25, 0.3) is 23.6 Å². The number of methoxy groups -OCH3 is 2. The van der Waals surface area contributed by atoms with Crippen molar-refractivity contribution in [3.63, 3.8) is 0 Å². The molecule has 0 unspecified atom stereocenters. The van der Waals surface area contributed by atoms with Crippen molar-refractivity contribution in [2.24, 2.45) is 10.3 Å². The molecule has 8 amide bonds. The van der Waals surface area contributed by atoms with E-state index in [2.05, 4.69) is 118 Å². The Kier molecular flexibility index (Phi) is 20.3. The van der Waals surface area contributed by atoms with Gasteiger partial charge in [-0.1, -0.05) is 40.2 Å². The number of imide groups is 2. The van der Waals surface area contributed by atoms with E-state index in [1.807, 2.05) is 24.1 Å². The number of fused-ring (bicyclic) bond motifs is 2. The van der Waals surface area contributed by atoms with Crippen LogP contribution >= 0.6 is 31.9 Å². The van der Waals surface area contributed by atoms with E-state index in [-0.39, 0.29) is 31.4 Å². The van der Waals surface area contributed by atoms with Crippen molar-refractivity contribution in [3.05, 3.63) is 145 Å². The number of nitrogens with one attached hydrogen (secondary N) is 4. The highest BCUT2D eigenvalue weighted by Gasteiger charge is 2.49. The molecule has 0 saturated carbocycles. The molecule has 86 heavy (non-hydrogen) atoms. The summed E-state index contributed by atoms with van der Waals surface area (Å²) in [4.78, 5) is 108. The summed E-state index contributed by atoms with van der Waals surface area (Å²) < 4.78 is 12.1. The number of carbonyl (C=O) groups is 7. The lowest BCUT2D eigenvalue weighted by Crippen LogP contribution is -2.54. The lowest BCUT2D eigenvalue weighted by atomic mass is 9.99. The van der Waals surface area contributed by atoms with Crippen LogP contribution in [0.2, 0.25) is 0 Å². The Labute approximate surface area is 511 Å². The van der Waals surface area contributed by atoms with Gasteiger partial charge in [0.15, 0.2) is 23.5 Å². The van der Waals surface area contributed by atoms with Crippen LogP contribution < -0.4 is 30.7 Å². The van der Waals surface area contributed by atoms with Gasteiger partial charge in [0.05, 0.1) is 27.3 Å². The minimum Gasteiger partial charge on any atom is -0.497 e. The highest BCUT2D eigenvalue weighted by molar-refractivity contribution is 9.10. The van der Waals surface area contributed by atoms with Crippen LogP contribution in [0.25, 0.3) is 0 Å². The molecule has 11 rings (SSSR count). The standard InChI is InChI=1S/C26H27N7O5.C15H13N3O4.C11H15BrN4O.C6H4BrNO/c1-31-9-11-32(12-10-31)22(30-37)21-6-3-17(14-27-21)7-8-26(24(35)28-25(36)29-26)16-33-15-18-4-5-19(38-2)13-20(18)23(33)34;1-3-15(13(20)16-14(21)17-15)8-18-7-9-4-5-10(22-2)6-11(9)12(18)19;1-15-4-6-16(7-5-15)11(14-17)10-3-2-9(12)8-13-10;7-5-1-2-6(4-9)8-3-5/h3-6,13-14,37H,9-12,15-16H2,1-2H3,(H2,28,29,35,36);1,4-6H,7-8H2,2H3,(H2,16,17,20,21);2-3,8,17H,4-7H2,1H3;1-4H/t26-;15-;;/m11../s1. The Hall–Kier alpha value is -9.48. The molecule has 0 aliphatic carbocycles. The number of carbonyl (C=O) groups excluding carboxylic acids is 7. The molecule has 446 valence electrons. The SMILES string of the molecule is C#C[C@]1(CN2Cc3ccc(OC)cc3C2=O)NC(=O)NC1=O.CN1CCN(C(=NO)c2ccc(Br)cn2)CC1.COc1ccc2c(c1)C(=O)N(C[C@@]1(C#Cc3ccc(C(=NO)N4CCN(C)CC4)nc3)NC(=O)NC1=O)C2.O=Cc1ccc(Br)cn1. The van der Waals surface area contributed by atoms with Crippen LogP contribution in [0.3, 0.4) is 0 Å². The second-order valence-electron chi connectivity index (χ2n) is 20.1.